The monoisotopic (exact) mass is 252 g/mol. The van der Waals surface area contributed by atoms with Gasteiger partial charge < -0.3 is 10.1 Å². The highest BCUT2D eigenvalue weighted by atomic mass is 35.5. The van der Waals surface area contributed by atoms with Gasteiger partial charge in [-0.1, -0.05) is 37.6 Å². The van der Waals surface area contributed by atoms with Gasteiger partial charge in [0.25, 0.3) is 0 Å². The van der Waals surface area contributed by atoms with Crippen molar-refractivity contribution in [3.63, 3.8) is 0 Å². The van der Waals surface area contributed by atoms with Crippen molar-refractivity contribution in [1.82, 2.24) is 5.32 Å². The third-order valence-electron chi connectivity index (χ3n) is 2.91. The molecule has 1 heterocycles. The van der Waals surface area contributed by atoms with Gasteiger partial charge in [-0.15, -0.1) is 0 Å². The number of hydrogen-bond donors (Lipinski definition) is 1. The van der Waals surface area contributed by atoms with Crippen molar-refractivity contribution in [2.45, 2.75) is 31.8 Å². The fourth-order valence-electron chi connectivity index (χ4n) is 2.16. The number of nitrogens with one attached hydrogen (secondary N) is 1. The van der Waals surface area contributed by atoms with Crippen LogP contribution in [0.3, 0.4) is 0 Å². The van der Waals surface area contributed by atoms with Crippen molar-refractivity contribution >= 4 is 11.6 Å². The zero-order valence-electron chi connectivity index (χ0n) is 10.3. The van der Waals surface area contributed by atoms with Crippen LogP contribution in [0.25, 0.3) is 0 Å². The number of ether oxygens (including phenoxy) is 1. The molecule has 93 valence electrons. The smallest absolute Gasteiger partial charge is 0.0623 e. The molecule has 1 fully saturated rings. The van der Waals surface area contributed by atoms with Crippen LogP contribution in [0, 0.1) is 6.42 Å². The molecule has 3 heteroatoms. The van der Waals surface area contributed by atoms with Gasteiger partial charge >= 0.3 is 0 Å². The Labute approximate surface area is 108 Å². The van der Waals surface area contributed by atoms with E-state index >= 15 is 0 Å². The fourth-order valence-corrected chi connectivity index (χ4v) is 2.29. The van der Waals surface area contributed by atoms with Crippen LogP contribution in [-0.2, 0) is 4.74 Å². The lowest BCUT2D eigenvalue weighted by atomic mass is 9.91. The van der Waals surface area contributed by atoms with Crippen LogP contribution in [0.2, 0.25) is 5.02 Å². The van der Waals surface area contributed by atoms with Crippen molar-refractivity contribution < 1.29 is 4.74 Å². The standard InChI is InChI=1S/C14H19ClNO/c1-10(2)16-14-7-12(8-17-9-14)11-3-5-13(15)6-4-11/h3-7,10,12,14,16H,8-9H2,1-2H3. The second kappa shape index (κ2) is 5.85. The van der Waals surface area contributed by atoms with E-state index in [2.05, 4.69) is 37.7 Å². The normalized spacial score (nSPS) is 25.2. The van der Waals surface area contributed by atoms with E-state index in [0.717, 1.165) is 18.2 Å². The quantitative estimate of drug-likeness (QED) is 0.893. The molecule has 2 rings (SSSR count). The molecule has 1 aliphatic heterocycles. The zero-order valence-corrected chi connectivity index (χ0v) is 11.1. The molecule has 2 nitrogen and oxygen atoms in total. The van der Waals surface area contributed by atoms with Gasteiger partial charge in [-0.05, 0) is 24.1 Å². The summed E-state index contributed by atoms with van der Waals surface area (Å²) in [4.78, 5) is 0. The van der Waals surface area contributed by atoms with Crippen molar-refractivity contribution in [2.24, 2.45) is 0 Å². The summed E-state index contributed by atoms with van der Waals surface area (Å²) in [5, 5.41) is 4.27. The van der Waals surface area contributed by atoms with Crippen molar-refractivity contribution in [3.8, 4) is 0 Å². The molecule has 0 amide bonds. The van der Waals surface area contributed by atoms with E-state index in [-0.39, 0.29) is 0 Å². The average Bonchev–Trinajstić information content (AvgIpc) is 2.29. The molecular weight excluding hydrogens is 234 g/mol. The summed E-state index contributed by atoms with van der Waals surface area (Å²) >= 11 is 5.89. The van der Waals surface area contributed by atoms with E-state index in [0.29, 0.717) is 18.0 Å². The SMILES string of the molecule is CC(C)NC1[CH]C(c2ccc(Cl)cc2)COC1. The van der Waals surface area contributed by atoms with Gasteiger partial charge in [0, 0.05) is 23.0 Å². The minimum atomic E-state index is 0.337. The lowest BCUT2D eigenvalue weighted by Crippen LogP contribution is -2.43. The maximum Gasteiger partial charge on any atom is 0.0623 e. The Balaban J connectivity index is 1.99. The summed E-state index contributed by atoms with van der Waals surface area (Å²) in [6, 6.07) is 8.83. The first-order chi connectivity index (χ1) is 8.15. The van der Waals surface area contributed by atoms with Gasteiger partial charge in [-0.2, -0.15) is 0 Å². The molecule has 1 aromatic rings. The van der Waals surface area contributed by atoms with Gasteiger partial charge in [-0.3, -0.25) is 0 Å². The first kappa shape index (κ1) is 12.9. The van der Waals surface area contributed by atoms with Crippen LogP contribution >= 0.6 is 11.6 Å². The third-order valence-corrected chi connectivity index (χ3v) is 3.16. The van der Waals surface area contributed by atoms with E-state index in [9.17, 15) is 0 Å². The van der Waals surface area contributed by atoms with Crippen molar-refractivity contribution in [3.05, 3.63) is 41.3 Å². The van der Waals surface area contributed by atoms with E-state index in [1.807, 2.05) is 12.1 Å². The number of rotatable bonds is 3. The summed E-state index contributed by atoms with van der Waals surface area (Å²) in [6.45, 7) is 5.83. The molecule has 0 spiro atoms. The highest BCUT2D eigenvalue weighted by molar-refractivity contribution is 6.30. The molecule has 0 saturated carbocycles. The van der Waals surface area contributed by atoms with Gasteiger partial charge in [-0.25, -0.2) is 0 Å². The first-order valence-corrected chi connectivity index (χ1v) is 6.47. The van der Waals surface area contributed by atoms with E-state index in [1.165, 1.54) is 5.56 Å². The van der Waals surface area contributed by atoms with Crippen LogP contribution < -0.4 is 5.32 Å². The Hall–Kier alpha value is -0.570. The zero-order chi connectivity index (χ0) is 12.3. The van der Waals surface area contributed by atoms with Crippen LogP contribution in [0.15, 0.2) is 24.3 Å². The molecule has 1 aromatic carbocycles. The summed E-state index contributed by atoms with van der Waals surface area (Å²) in [7, 11) is 0. The largest absolute Gasteiger partial charge is 0.379 e. The van der Waals surface area contributed by atoms with Crippen LogP contribution in [0.1, 0.15) is 25.3 Å². The van der Waals surface area contributed by atoms with Gasteiger partial charge in [0.2, 0.25) is 0 Å². The molecule has 1 aliphatic rings. The lowest BCUT2D eigenvalue weighted by Gasteiger charge is -2.31. The van der Waals surface area contributed by atoms with Crippen molar-refractivity contribution in [2.75, 3.05) is 13.2 Å². The van der Waals surface area contributed by atoms with Crippen LogP contribution in [-0.4, -0.2) is 25.3 Å². The maximum absolute atomic E-state index is 5.89. The third kappa shape index (κ3) is 3.70. The predicted octanol–water partition coefficient (Wildman–Crippen LogP) is 3.02. The Kier molecular flexibility index (Phi) is 4.43. The Bertz CT molecular complexity index is 350. The van der Waals surface area contributed by atoms with E-state index in [1.54, 1.807) is 0 Å². The second-order valence-electron chi connectivity index (χ2n) is 4.82. The Morgan fingerprint density at radius 2 is 1.94 bits per heavy atom. The van der Waals surface area contributed by atoms with Gasteiger partial charge in [0.1, 0.15) is 0 Å². The van der Waals surface area contributed by atoms with E-state index < -0.39 is 0 Å². The second-order valence-corrected chi connectivity index (χ2v) is 5.25. The summed E-state index contributed by atoms with van der Waals surface area (Å²) in [5.41, 5.74) is 1.27. The highest BCUT2D eigenvalue weighted by Crippen LogP contribution is 2.26. The molecule has 1 radical (unpaired) electrons. The fraction of sp³-hybridized carbons (Fsp3) is 0.500. The maximum atomic E-state index is 5.89. The predicted molar refractivity (Wildman–Crippen MR) is 71.4 cm³/mol. The molecular formula is C14H19ClNO. The van der Waals surface area contributed by atoms with Gasteiger partial charge in [0.15, 0.2) is 0 Å². The van der Waals surface area contributed by atoms with Crippen molar-refractivity contribution in [1.29, 1.82) is 0 Å². The number of benzene rings is 1. The molecule has 1 saturated heterocycles. The molecule has 0 aliphatic carbocycles. The molecule has 2 unspecified atom stereocenters. The van der Waals surface area contributed by atoms with Crippen LogP contribution in [0.4, 0.5) is 0 Å². The Morgan fingerprint density at radius 3 is 2.59 bits per heavy atom. The highest BCUT2D eigenvalue weighted by Gasteiger charge is 2.24. The minimum Gasteiger partial charge on any atom is -0.379 e. The summed E-state index contributed by atoms with van der Waals surface area (Å²) < 4.78 is 5.65. The summed E-state index contributed by atoms with van der Waals surface area (Å²) in [5.74, 6) is 0.359. The number of hydrogen-bond acceptors (Lipinski definition) is 2. The van der Waals surface area contributed by atoms with E-state index in [4.69, 9.17) is 16.3 Å². The number of halogens is 1. The molecule has 2 atom stereocenters. The van der Waals surface area contributed by atoms with Crippen LogP contribution in [0.5, 0.6) is 0 Å². The lowest BCUT2D eigenvalue weighted by molar-refractivity contribution is 0.0789. The first-order valence-electron chi connectivity index (χ1n) is 6.09. The Morgan fingerprint density at radius 1 is 1.24 bits per heavy atom. The molecule has 0 aromatic heterocycles. The molecule has 17 heavy (non-hydrogen) atoms. The average molecular weight is 253 g/mol. The van der Waals surface area contributed by atoms with Gasteiger partial charge in [0.05, 0.1) is 13.2 Å². The molecule has 0 bridgehead atoms. The molecule has 1 N–H and O–H groups in total. The topological polar surface area (TPSA) is 21.3 Å². The minimum absolute atomic E-state index is 0.337. The summed E-state index contributed by atoms with van der Waals surface area (Å²) in [6.07, 6.45) is 2.34.